The van der Waals surface area contributed by atoms with Crippen molar-refractivity contribution in [2.24, 2.45) is 0 Å². The molecule has 3 rings (SSSR count). The summed E-state index contributed by atoms with van der Waals surface area (Å²) in [5.74, 6) is 0. The van der Waals surface area contributed by atoms with E-state index in [2.05, 4.69) is 0 Å². The Hall–Kier alpha value is -1.07. The lowest BCUT2D eigenvalue weighted by Crippen LogP contribution is -2.20. The largest absolute Gasteiger partial charge is 0.373 e. The molecule has 0 amide bonds. The van der Waals surface area contributed by atoms with Gasteiger partial charge in [0.2, 0.25) is 0 Å². The first-order valence-electron chi connectivity index (χ1n) is 10.8. The number of rotatable bonds is 5. The van der Waals surface area contributed by atoms with E-state index in [-0.39, 0.29) is 16.0 Å². The topological polar surface area (TPSA) is 43.4 Å². The second kappa shape index (κ2) is 15.7. The highest BCUT2D eigenvalue weighted by molar-refractivity contribution is 7.92. The Bertz CT molecular complexity index is 805. The molecule has 0 heterocycles. The monoisotopic (exact) mass is 474 g/mol. The van der Waals surface area contributed by atoms with Crippen LogP contribution in [0.5, 0.6) is 0 Å². The van der Waals surface area contributed by atoms with Crippen LogP contribution >= 0.6 is 23.2 Å². The fraction of sp³-hybridized carbons (Fsp3) is 0.500. The third-order valence-electron chi connectivity index (χ3n) is 4.32. The summed E-state index contributed by atoms with van der Waals surface area (Å²) in [5.41, 5.74) is 1.02. The zero-order valence-electron chi connectivity index (χ0n) is 19.0. The van der Waals surface area contributed by atoms with Gasteiger partial charge in [0.1, 0.15) is 0 Å². The predicted octanol–water partition coefficient (Wildman–Crippen LogP) is 7.98. The molecule has 1 fully saturated rings. The van der Waals surface area contributed by atoms with E-state index >= 15 is 0 Å². The maximum absolute atomic E-state index is 12.8. The van der Waals surface area contributed by atoms with Crippen molar-refractivity contribution < 1.29 is 13.2 Å². The van der Waals surface area contributed by atoms with Gasteiger partial charge >= 0.3 is 0 Å². The number of halogens is 2. The molecule has 1 aliphatic rings. The summed E-state index contributed by atoms with van der Waals surface area (Å²) in [6, 6.07) is 14.1. The molecule has 30 heavy (non-hydrogen) atoms. The molecule has 2 atom stereocenters. The Balaban J connectivity index is 0.00000129. The van der Waals surface area contributed by atoms with Crippen molar-refractivity contribution in [2.45, 2.75) is 83.7 Å². The normalized spacial score (nSPS) is 17.5. The van der Waals surface area contributed by atoms with Gasteiger partial charge < -0.3 is 4.74 Å². The number of sulfone groups is 1. The third kappa shape index (κ3) is 8.58. The predicted molar refractivity (Wildman–Crippen MR) is 130 cm³/mol. The molecule has 170 valence electrons. The van der Waals surface area contributed by atoms with Gasteiger partial charge in [-0.3, -0.25) is 0 Å². The summed E-state index contributed by atoms with van der Waals surface area (Å²) in [7, 11) is -3.42. The molecule has 0 N–H and O–H groups in total. The molecule has 0 unspecified atom stereocenters. The van der Waals surface area contributed by atoms with Gasteiger partial charge in [0.15, 0.2) is 9.84 Å². The summed E-state index contributed by atoms with van der Waals surface area (Å²) >= 11 is 11.9. The summed E-state index contributed by atoms with van der Waals surface area (Å²) in [6.07, 6.45) is 1.78. The van der Waals surface area contributed by atoms with Gasteiger partial charge in [-0.2, -0.15) is 0 Å². The van der Waals surface area contributed by atoms with Crippen LogP contribution in [0, 0.1) is 0 Å². The minimum absolute atomic E-state index is 0.0528. The van der Waals surface area contributed by atoms with E-state index in [0.717, 1.165) is 12.0 Å². The SMILES string of the molecule is CC.CC.CC.O=S(=O)(c1ccccc1Cl)[C@@H]1CC[C@H](OCc2ccc(Cl)cc2)C1. The summed E-state index contributed by atoms with van der Waals surface area (Å²) in [6.45, 7) is 12.5. The first kappa shape index (κ1) is 28.9. The first-order valence-corrected chi connectivity index (χ1v) is 13.1. The molecule has 0 spiro atoms. The summed E-state index contributed by atoms with van der Waals surface area (Å²) in [4.78, 5) is 0.218. The van der Waals surface area contributed by atoms with Gasteiger partial charge in [0, 0.05) is 5.02 Å². The fourth-order valence-corrected chi connectivity index (χ4v) is 5.45. The highest BCUT2D eigenvalue weighted by atomic mass is 35.5. The second-order valence-corrected chi connectivity index (χ2v) is 9.01. The second-order valence-electron chi connectivity index (χ2n) is 5.97. The third-order valence-corrected chi connectivity index (χ3v) is 7.29. The van der Waals surface area contributed by atoms with Crippen LogP contribution < -0.4 is 0 Å². The van der Waals surface area contributed by atoms with Crippen LogP contribution in [0.15, 0.2) is 53.4 Å². The number of hydrogen-bond acceptors (Lipinski definition) is 3. The van der Waals surface area contributed by atoms with E-state index in [4.69, 9.17) is 27.9 Å². The van der Waals surface area contributed by atoms with Gasteiger partial charge in [-0.1, -0.05) is 89.0 Å². The Kier molecular flexibility index (Phi) is 15.1. The van der Waals surface area contributed by atoms with Crippen molar-refractivity contribution in [3.05, 3.63) is 64.1 Å². The number of hydrogen-bond donors (Lipinski definition) is 0. The molecule has 2 aromatic rings. The van der Waals surface area contributed by atoms with Crippen LogP contribution in [0.4, 0.5) is 0 Å². The Morgan fingerprint density at radius 3 is 2.00 bits per heavy atom. The minimum Gasteiger partial charge on any atom is -0.373 e. The van der Waals surface area contributed by atoms with Gasteiger partial charge in [-0.25, -0.2) is 8.42 Å². The molecule has 0 radical (unpaired) electrons. The van der Waals surface area contributed by atoms with E-state index in [9.17, 15) is 8.42 Å². The zero-order valence-corrected chi connectivity index (χ0v) is 21.3. The Labute approximate surface area is 193 Å². The van der Waals surface area contributed by atoms with E-state index in [1.807, 2.05) is 65.8 Å². The lowest BCUT2D eigenvalue weighted by molar-refractivity contribution is 0.0458. The Morgan fingerprint density at radius 1 is 0.867 bits per heavy atom. The molecule has 1 saturated carbocycles. The average molecular weight is 476 g/mol. The molecule has 0 saturated heterocycles. The van der Waals surface area contributed by atoms with Gasteiger partial charge in [-0.05, 0) is 49.1 Å². The summed E-state index contributed by atoms with van der Waals surface area (Å²) < 4.78 is 31.4. The van der Waals surface area contributed by atoms with Crippen molar-refractivity contribution in [3.8, 4) is 0 Å². The maximum Gasteiger partial charge on any atom is 0.182 e. The van der Waals surface area contributed by atoms with Crippen LogP contribution in [-0.2, 0) is 21.2 Å². The van der Waals surface area contributed by atoms with Crippen LogP contribution in [-0.4, -0.2) is 19.8 Å². The lowest BCUT2D eigenvalue weighted by atomic mass is 10.2. The minimum atomic E-state index is -3.42. The molecule has 6 heteroatoms. The standard InChI is InChI=1S/C18H18Cl2O3S.3C2H6/c19-14-7-5-13(6-8-14)12-23-15-9-10-16(11-15)24(21,22)18-4-2-1-3-17(18)20;3*1-2/h1-8,15-16H,9-12H2;3*1-2H3/t15-,16+;;;/m0.../s1. The Morgan fingerprint density at radius 2 is 1.43 bits per heavy atom. The van der Waals surface area contributed by atoms with Crippen molar-refractivity contribution in [1.82, 2.24) is 0 Å². The average Bonchev–Trinajstić information content (AvgIpc) is 3.28. The molecular formula is C24H36Cl2O3S. The fourth-order valence-electron chi connectivity index (χ4n) is 2.98. The molecule has 0 aromatic heterocycles. The van der Waals surface area contributed by atoms with E-state index in [1.165, 1.54) is 0 Å². The lowest BCUT2D eigenvalue weighted by Gasteiger charge is -2.14. The van der Waals surface area contributed by atoms with E-state index < -0.39 is 15.1 Å². The molecule has 0 aliphatic heterocycles. The van der Waals surface area contributed by atoms with Crippen LogP contribution in [0.2, 0.25) is 10.0 Å². The molecule has 1 aliphatic carbocycles. The van der Waals surface area contributed by atoms with E-state index in [0.29, 0.717) is 24.5 Å². The highest BCUT2D eigenvalue weighted by Gasteiger charge is 2.36. The van der Waals surface area contributed by atoms with Crippen molar-refractivity contribution in [1.29, 1.82) is 0 Å². The van der Waals surface area contributed by atoms with Crippen LogP contribution in [0.25, 0.3) is 0 Å². The van der Waals surface area contributed by atoms with E-state index in [1.54, 1.807) is 24.3 Å². The van der Waals surface area contributed by atoms with Crippen LogP contribution in [0.1, 0.15) is 66.4 Å². The zero-order chi connectivity index (χ0) is 23.2. The smallest absolute Gasteiger partial charge is 0.182 e. The quantitative estimate of drug-likeness (QED) is 0.440. The number of benzene rings is 2. The van der Waals surface area contributed by atoms with Crippen molar-refractivity contribution >= 4 is 33.0 Å². The van der Waals surface area contributed by atoms with Crippen molar-refractivity contribution in [2.75, 3.05) is 0 Å². The highest BCUT2D eigenvalue weighted by Crippen LogP contribution is 2.34. The molecular weight excluding hydrogens is 439 g/mol. The first-order chi connectivity index (χ1) is 14.5. The molecule has 3 nitrogen and oxygen atoms in total. The van der Waals surface area contributed by atoms with Gasteiger partial charge in [-0.15, -0.1) is 0 Å². The summed E-state index contributed by atoms with van der Waals surface area (Å²) in [5, 5.41) is 0.529. The van der Waals surface area contributed by atoms with Crippen molar-refractivity contribution in [3.63, 3.8) is 0 Å². The van der Waals surface area contributed by atoms with Gasteiger partial charge in [0.05, 0.1) is 27.9 Å². The van der Waals surface area contributed by atoms with Gasteiger partial charge in [0.25, 0.3) is 0 Å². The number of ether oxygens (including phenoxy) is 1. The van der Waals surface area contributed by atoms with Crippen LogP contribution in [0.3, 0.4) is 0 Å². The molecule has 2 aromatic carbocycles. The molecule has 0 bridgehead atoms. The maximum atomic E-state index is 12.8.